The lowest BCUT2D eigenvalue weighted by Gasteiger charge is -2.42. The SMILES string of the molecule is O=C(CN1CCOCC1)NCC1(c2ccc(Cl)cc2)CCC1. The van der Waals surface area contributed by atoms with Gasteiger partial charge < -0.3 is 10.1 Å². The summed E-state index contributed by atoms with van der Waals surface area (Å²) in [5, 5.41) is 3.89. The van der Waals surface area contributed by atoms with Gasteiger partial charge in [0.15, 0.2) is 0 Å². The van der Waals surface area contributed by atoms with E-state index in [0.29, 0.717) is 6.54 Å². The van der Waals surface area contributed by atoms with Crippen molar-refractivity contribution >= 4 is 17.5 Å². The van der Waals surface area contributed by atoms with Crippen LogP contribution in [0.1, 0.15) is 24.8 Å². The Morgan fingerprint density at radius 3 is 2.50 bits per heavy atom. The second-order valence-corrected chi connectivity index (χ2v) is 6.74. The minimum absolute atomic E-state index is 0.102. The fourth-order valence-electron chi connectivity index (χ4n) is 3.26. The molecule has 0 radical (unpaired) electrons. The van der Waals surface area contributed by atoms with Crippen molar-refractivity contribution in [2.45, 2.75) is 24.7 Å². The molecule has 1 aliphatic carbocycles. The van der Waals surface area contributed by atoms with Crippen LogP contribution in [0.3, 0.4) is 0 Å². The number of morpholine rings is 1. The molecule has 0 atom stereocenters. The van der Waals surface area contributed by atoms with Gasteiger partial charge in [-0.05, 0) is 30.5 Å². The second-order valence-electron chi connectivity index (χ2n) is 6.31. The summed E-state index contributed by atoms with van der Waals surface area (Å²) in [6, 6.07) is 8.06. The van der Waals surface area contributed by atoms with Crippen LogP contribution in [-0.4, -0.2) is 50.2 Å². The van der Waals surface area contributed by atoms with E-state index in [1.165, 1.54) is 12.0 Å². The van der Waals surface area contributed by atoms with Gasteiger partial charge in [0, 0.05) is 30.1 Å². The van der Waals surface area contributed by atoms with Gasteiger partial charge in [0.25, 0.3) is 0 Å². The van der Waals surface area contributed by atoms with Crippen molar-refractivity contribution < 1.29 is 9.53 Å². The van der Waals surface area contributed by atoms with Crippen molar-refractivity contribution in [1.82, 2.24) is 10.2 Å². The number of nitrogens with zero attached hydrogens (tertiary/aromatic N) is 1. The lowest BCUT2D eigenvalue weighted by Crippen LogP contribution is -2.49. The van der Waals surface area contributed by atoms with Crippen LogP contribution in [0.2, 0.25) is 5.02 Å². The molecule has 120 valence electrons. The molecular weight excluding hydrogens is 300 g/mol. The number of nitrogens with one attached hydrogen (secondary N) is 1. The quantitative estimate of drug-likeness (QED) is 0.903. The fraction of sp³-hybridized carbons (Fsp3) is 0.588. The molecule has 1 aromatic carbocycles. The maximum atomic E-state index is 12.2. The number of hydrogen-bond acceptors (Lipinski definition) is 3. The molecule has 1 heterocycles. The molecule has 4 nitrogen and oxygen atoms in total. The number of benzene rings is 1. The van der Waals surface area contributed by atoms with Crippen molar-refractivity contribution in [3.05, 3.63) is 34.9 Å². The lowest BCUT2D eigenvalue weighted by molar-refractivity contribution is -0.123. The van der Waals surface area contributed by atoms with E-state index in [1.807, 2.05) is 12.1 Å². The number of rotatable bonds is 5. The average Bonchev–Trinajstić information content (AvgIpc) is 2.49. The van der Waals surface area contributed by atoms with Crippen LogP contribution in [0.5, 0.6) is 0 Å². The largest absolute Gasteiger partial charge is 0.379 e. The van der Waals surface area contributed by atoms with Gasteiger partial charge in [-0.15, -0.1) is 0 Å². The van der Waals surface area contributed by atoms with Gasteiger partial charge in [-0.2, -0.15) is 0 Å². The maximum absolute atomic E-state index is 12.2. The van der Waals surface area contributed by atoms with E-state index >= 15 is 0 Å². The van der Waals surface area contributed by atoms with Gasteiger partial charge in [-0.25, -0.2) is 0 Å². The molecule has 2 aliphatic rings. The van der Waals surface area contributed by atoms with E-state index in [-0.39, 0.29) is 11.3 Å². The van der Waals surface area contributed by atoms with E-state index in [1.54, 1.807) is 0 Å². The molecule has 1 amide bonds. The van der Waals surface area contributed by atoms with Gasteiger partial charge >= 0.3 is 0 Å². The van der Waals surface area contributed by atoms with E-state index in [4.69, 9.17) is 16.3 Å². The molecule has 1 aliphatic heterocycles. The topological polar surface area (TPSA) is 41.6 Å². The minimum atomic E-state index is 0.102. The number of carbonyl (C=O) groups is 1. The van der Waals surface area contributed by atoms with Crippen LogP contribution in [0.4, 0.5) is 0 Å². The fourth-order valence-corrected chi connectivity index (χ4v) is 3.39. The van der Waals surface area contributed by atoms with Crippen LogP contribution in [0.25, 0.3) is 0 Å². The first-order chi connectivity index (χ1) is 10.7. The van der Waals surface area contributed by atoms with E-state index in [9.17, 15) is 4.79 Å². The molecule has 2 fully saturated rings. The minimum Gasteiger partial charge on any atom is -0.379 e. The smallest absolute Gasteiger partial charge is 0.234 e. The first kappa shape index (κ1) is 15.8. The van der Waals surface area contributed by atoms with E-state index in [0.717, 1.165) is 50.7 Å². The zero-order chi connectivity index (χ0) is 15.4. The average molecular weight is 323 g/mol. The summed E-state index contributed by atoms with van der Waals surface area (Å²) >= 11 is 5.97. The number of ether oxygens (including phenoxy) is 1. The van der Waals surface area contributed by atoms with Crippen LogP contribution in [0, 0.1) is 0 Å². The van der Waals surface area contributed by atoms with Crippen molar-refractivity contribution in [1.29, 1.82) is 0 Å². The third-order valence-corrected chi connectivity index (χ3v) is 5.11. The van der Waals surface area contributed by atoms with Crippen LogP contribution in [0.15, 0.2) is 24.3 Å². The molecular formula is C17H23ClN2O2. The Morgan fingerprint density at radius 2 is 1.91 bits per heavy atom. The highest BCUT2D eigenvalue weighted by molar-refractivity contribution is 6.30. The Balaban J connectivity index is 1.54. The number of amides is 1. The summed E-state index contributed by atoms with van der Waals surface area (Å²) in [5.41, 5.74) is 1.39. The molecule has 1 saturated heterocycles. The van der Waals surface area contributed by atoms with E-state index in [2.05, 4.69) is 22.3 Å². The van der Waals surface area contributed by atoms with Crippen LogP contribution in [-0.2, 0) is 14.9 Å². The van der Waals surface area contributed by atoms with Gasteiger partial charge in [0.1, 0.15) is 0 Å². The molecule has 0 bridgehead atoms. The third-order valence-electron chi connectivity index (χ3n) is 4.86. The maximum Gasteiger partial charge on any atom is 0.234 e. The number of halogens is 1. The third kappa shape index (κ3) is 3.62. The molecule has 0 unspecified atom stereocenters. The molecule has 0 aromatic heterocycles. The van der Waals surface area contributed by atoms with Crippen LogP contribution >= 0.6 is 11.6 Å². The van der Waals surface area contributed by atoms with Crippen molar-refractivity contribution in [3.63, 3.8) is 0 Å². The predicted molar refractivity (Wildman–Crippen MR) is 87.2 cm³/mol. The summed E-state index contributed by atoms with van der Waals surface area (Å²) in [6.07, 6.45) is 3.49. The highest BCUT2D eigenvalue weighted by atomic mass is 35.5. The zero-order valence-corrected chi connectivity index (χ0v) is 13.6. The van der Waals surface area contributed by atoms with Crippen LogP contribution < -0.4 is 5.32 Å². The summed E-state index contributed by atoms with van der Waals surface area (Å²) < 4.78 is 5.31. The summed E-state index contributed by atoms with van der Waals surface area (Å²) in [6.45, 7) is 4.33. The zero-order valence-electron chi connectivity index (χ0n) is 12.8. The number of hydrogen-bond donors (Lipinski definition) is 1. The molecule has 1 N–H and O–H groups in total. The molecule has 1 aromatic rings. The Kier molecular flexibility index (Phi) is 5.01. The van der Waals surface area contributed by atoms with Gasteiger partial charge in [-0.3, -0.25) is 9.69 Å². The number of carbonyl (C=O) groups excluding carboxylic acids is 1. The van der Waals surface area contributed by atoms with Gasteiger partial charge in [0.2, 0.25) is 5.91 Å². The Bertz CT molecular complexity index is 508. The van der Waals surface area contributed by atoms with Crippen molar-refractivity contribution in [3.8, 4) is 0 Å². The van der Waals surface area contributed by atoms with Crippen molar-refractivity contribution in [2.75, 3.05) is 39.4 Å². The first-order valence-electron chi connectivity index (χ1n) is 8.01. The predicted octanol–water partition coefficient (Wildman–Crippen LogP) is 2.21. The van der Waals surface area contributed by atoms with Gasteiger partial charge in [0.05, 0.1) is 19.8 Å². The summed E-state index contributed by atoms with van der Waals surface area (Å²) in [7, 11) is 0. The van der Waals surface area contributed by atoms with E-state index < -0.39 is 0 Å². The Hall–Kier alpha value is -1.10. The molecule has 0 spiro atoms. The van der Waals surface area contributed by atoms with Gasteiger partial charge in [-0.1, -0.05) is 30.2 Å². The Morgan fingerprint density at radius 1 is 1.23 bits per heavy atom. The normalized spacial score (nSPS) is 21.1. The van der Waals surface area contributed by atoms with Crippen molar-refractivity contribution in [2.24, 2.45) is 0 Å². The summed E-state index contributed by atoms with van der Waals surface area (Å²) in [4.78, 5) is 14.3. The summed E-state index contributed by atoms with van der Waals surface area (Å²) in [5.74, 6) is 0.113. The second kappa shape index (κ2) is 6.99. The standard InChI is InChI=1S/C17H23ClN2O2/c18-15-4-2-14(3-5-15)17(6-1-7-17)13-19-16(21)12-20-8-10-22-11-9-20/h2-5H,1,6-13H2,(H,19,21). The highest BCUT2D eigenvalue weighted by Crippen LogP contribution is 2.43. The molecule has 1 saturated carbocycles. The first-order valence-corrected chi connectivity index (χ1v) is 8.39. The lowest BCUT2D eigenvalue weighted by atomic mass is 9.64. The Labute approximate surface area is 136 Å². The molecule has 22 heavy (non-hydrogen) atoms. The molecule has 3 rings (SSSR count). The molecule has 5 heteroatoms. The monoisotopic (exact) mass is 322 g/mol. The highest BCUT2D eigenvalue weighted by Gasteiger charge is 2.38.